The molecule has 1 aromatic heterocycles. The van der Waals surface area contributed by atoms with Gasteiger partial charge in [-0.2, -0.15) is 0 Å². The van der Waals surface area contributed by atoms with Crippen LogP contribution < -0.4 is 16.4 Å². The van der Waals surface area contributed by atoms with E-state index in [1.165, 1.54) is 0 Å². The third-order valence-corrected chi connectivity index (χ3v) is 3.41. The summed E-state index contributed by atoms with van der Waals surface area (Å²) in [5.74, 6) is -0.159. The molecule has 0 radical (unpaired) electrons. The molecule has 0 bridgehead atoms. The zero-order valence-electron chi connectivity index (χ0n) is 10.1. The smallest absolute Gasteiger partial charge is 0.253 e. The normalized spacial score (nSPS) is 9.89. The Kier molecular flexibility index (Phi) is 4.48. The Bertz CT molecular complexity index is 581. The number of thiocarbonyl (C=S) groups is 1. The van der Waals surface area contributed by atoms with Gasteiger partial charge in [0, 0.05) is 4.88 Å². The molecule has 1 heterocycles. The molecule has 0 aliphatic carbocycles. The fourth-order valence-electron chi connectivity index (χ4n) is 1.60. The summed E-state index contributed by atoms with van der Waals surface area (Å²) < 4.78 is 0. The highest BCUT2D eigenvalue weighted by molar-refractivity contribution is 7.80. The Labute approximate surface area is 120 Å². The summed E-state index contributed by atoms with van der Waals surface area (Å²) in [6.07, 6.45) is 0. The van der Waals surface area contributed by atoms with Crippen LogP contribution in [0, 0.1) is 0 Å². The molecule has 0 aliphatic heterocycles. The van der Waals surface area contributed by atoms with Crippen molar-refractivity contribution in [1.82, 2.24) is 5.32 Å². The molecule has 98 valence electrons. The van der Waals surface area contributed by atoms with Crippen molar-refractivity contribution in [3.63, 3.8) is 0 Å². The summed E-state index contributed by atoms with van der Waals surface area (Å²) in [4.78, 5) is 13.2. The van der Waals surface area contributed by atoms with Crippen LogP contribution in [0.1, 0.15) is 15.2 Å². The molecule has 4 N–H and O–H groups in total. The van der Waals surface area contributed by atoms with Crippen LogP contribution in [0.2, 0.25) is 0 Å². The predicted molar refractivity (Wildman–Crippen MR) is 82.3 cm³/mol. The maximum atomic E-state index is 12.1. The predicted octanol–water partition coefficient (Wildman–Crippen LogP) is 2.33. The number of amides is 1. The van der Waals surface area contributed by atoms with Gasteiger partial charge in [0.15, 0.2) is 5.11 Å². The number of para-hydroxylation sites is 1. The van der Waals surface area contributed by atoms with Gasteiger partial charge in [-0.25, -0.2) is 0 Å². The summed E-state index contributed by atoms with van der Waals surface area (Å²) >= 11 is 6.39. The van der Waals surface area contributed by atoms with Crippen molar-refractivity contribution in [1.29, 1.82) is 0 Å². The van der Waals surface area contributed by atoms with E-state index >= 15 is 0 Å². The molecule has 0 saturated heterocycles. The molecule has 4 nitrogen and oxygen atoms in total. The van der Waals surface area contributed by atoms with Gasteiger partial charge in [0.05, 0.1) is 17.8 Å². The lowest BCUT2D eigenvalue weighted by Gasteiger charge is -2.10. The lowest BCUT2D eigenvalue weighted by atomic mass is 10.1. The highest BCUT2D eigenvalue weighted by Gasteiger charge is 2.10. The van der Waals surface area contributed by atoms with Gasteiger partial charge in [-0.05, 0) is 35.8 Å². The molecule has 6 heteroatoms. The Morgan fingerprint density at radius 3 is 2.74 bits per heavy atom. The van der Waals surface area contributed by atoms with Crippen LogP contribution in [-0.4, -0.2) is 11.0 Å². The minimum absolute atomic E-state index is 0.138. The van der Waals surface area contributed by atoms with Gasteiger partial charge in [0.2, 0.25) is 0 Å². The zero-order chi connectivity index (χ0) is 13.7. The number of benzene rings is 1. The van der Waals surface area contributed by atoms with E-state index < -0.39 is 0 Å². The van der Waals surface area contributed by atoms with E-state index in [2.05, 4.69) is 10.6 Å². The monoisotopic (exact) mass is 291 g/mol. The average molecular weight is 291 g/mol. The summed E-state index contributed by atoms with van der Waals surface area (Å²) in [6, 6.07) is 11.0. The van der Waals surface area contributed by atoms with Crippen LogP contribution in [0.15, 0.2) is 41.8 Å². The molecule has 2 rings (SSSR count). The van der Waals surface area contributed by atoms with Crippen LogP contribution >= 0.6 is 23.6 Å². The molecule has 0 spiro atoms. The van der Waals surface area contributed by atoms with Gasteiger partial charge in [-0.1, -0.05) is 18.2 Å². The second-order valence-electron chi connectivity index (χ2n) is 3.80. The average Bonchev–Trinajstić information content (AvgIpc) is 2.89. The van der Waals surface area contributed by atoms with Gasteiger partial charge in [-0.15, -0.1) is 11.3 Å². The number of anilines is 1. The number of thiophene rings is 1. The Morgan fingerprint density at radius 2 is 2.05 bits per heavy atom. The van der Waals surface area contributed by atoms with E-state index in [-0.39, 0.29) is 11.0 Å². The first-order valence-corrected chi connectivity index (χ1v) is 6.91. The molecule has 0 saturated carbocycles. The maximum absolute atomic E-state index is 12.1. The van der Waals surface area contributed by atoms with Crippen LogP contribution in [0.5, 0.6) is 0 Å². The first-order valence-electron chi connectivity index (χ1n) is 5.63. The van der Waals surface area contributed by atoms with Crippen molar-refractivity contribution in [2.75, 3.05) is 5.32 Å². The molecule has 1 aromatic carbocycles. The van der Waals surface area contributed by atoms with Gasteiger partial charge in [0.1, 0.15) is 0 Å². The summed E-state index contributed by atoms with van der Waals surface area (Å²) in [6.45, 7) is 0.512. The second kappa shape index (κ2) is 6.31. The minimum atomic E-state index is -0.159. The topological polar surface area (TPSA) is 67.1 Å². The van der Waals surface area contributed by atoms with Gasteiger partial charge in [0.25, 0.3) is 5.91 Å². The zero-order valence-corrected chi connectivity index (χ0v) is 11.7. The number of carbonyl (C=O) groups is 1. The van der Waals surface area contributed by atoms with Crippen molar-refractivity contribution in [2.45, 2.75) is 6.54 Å². The molecule has 0 unspecified atom stereocenters. The molecule has 19 heavy (non-hydrogen) atoms. The molecule has 1 amide bonds. The number of nitrogens with one attached hydrogen (secondary N) is 2. The number of rotatable bonds is 4. The van der Waals surface area contributed by atoms with Gasteiger partial charge >= 0.3 is 0 Å². The quantitative estimate of drug-likeness (QED) is 0.756. The highest BCUT2D eigenvalue weighted by atomic mass is 32.1. The number of nitrogens with two attached hydrogens (primary N) is 1. The van der Waals surface area contributed by atoms with Crippen LogP contribution in [0.25, 0.3) is 0 Å². The second-order valence-corrected chi connectivity index (χ2v) is 5.27. The largest absolute Gasteiger partial charge is 0.376 e. The van der Waals surface area contributed by atoms with E-state index in [1.807, 2.05) is 23.6 Å². The number of carbonyl (C=O) groups excluding carboxylic acids is 1. The SMILES string of the molecule is NC(=S)Nc1ccccc1C(=O)NCc1cccs1. The van der Waals surface area contributed by atoms with Gasteiger partial charge < -0.3 is 16.4 Å². The first kappa shape index (κ1) is 13.5. The summed E-state index contributed by atoms with van der Waals surface area (Å²) in [5, 5.41) is 7.77. The van der Waals surface area contributed by atoms with Crippen molar-refractivity contribution in [3.05, 3.63) is 52.2 Å². The van der Waals surface area contributed by atoms with Crippen molar-refractivity contribution >= 4 is 40.3 Å². The molecule has 2 aromatic rings. The minimum Gasteiger partial charge on any atom is -0.376 e. The lowest BCUT2D eigenvalue weighted by molar-refractivity contribution is 0.0952. The van der Waals surface area contributed by atoms with Gasteiger partial charge in [-0.3, -0.25) is 4.79 Å². The van der Waals surface area contributed by atoms with Crippen molar-refractivity contribution < 1.29 is 4.79 Å². The van der Waals surface area contributed by atoms with E-state index in [4.69, 9.17) is 18.0 Å². The van der Waals surface area contributed by atoms with Crippen LogP contribution in [0.4, 0.5) is 5.69 Å². The number of hydrogen-bond donors (Lipinski definition) is 3. The maximum Gasteiger partial charge on any atom is 0.253 e. The highest BCUT2D eigenvalue weighted by Crippen LogP contribution is 2.15. The molecule has 0 atom stereocenters. The van der Waals surface area contributed by atoms with Crippen molar-refractivity contribution in [2.24, 2.45) is 5.73 Å². The third-order valence-electron chi connectivity index (χ3n) is 2.43. The van der Waals surface area contributed by atoms with E-state index in [0.29, 0.717) is 17.8 Å². The fraction of sp³-hybridized carbons (Fsp3) is 0.0769. The van der Waals surface area contributed by atoms with E-state index in [9.17, 15) is 4.79 Å². The van der Waals surface area contributed by atoms with Crippen LogP contribution in [-0.2, 0) is 6.54 Å². The summed E-state index contributed by atoms with van der Waals surface area (Å²) in [5.41, 5.74) is 6.57. The first-order chi connectivity index (χ1) is 9.16. The Morgan fingerprint density at radius 1 is 1.26 bits per heavy atom. The Hall–Kier alpha value is -1.92. The lowest BCUT2D eigenvalue weighted by Crippen LogP contribution is -2.26. The van der Waals surface area contributed by atoms with E-state index in [1.54, 1.807) is 29.5 Å². The van der Waals surface area contributed by atoms with E-state index in [0.717, 1.165) is 4.88 Å². The van der Waals surface area contributed by atoms with Crippen LogP contribution in [0.3, 0.4) is 0 Å². The molecule has 0 fully saturated rings. The number of hydrogen-bond acceptors (Lipinski definition) is 3. The standard InChI is InChI=1S/C13H13N3OS2/c14-13(18)16-11-6-2-1-5-10(11)12(17)15-8-9-4-3-7-19-9/h1-7H,8H2,(H,15,17)(H3,14,16,18). The molecule has 0 aliphatic rings. The molecular weight excluding hydrogens is 278 g/mol. The fourth-order valence-corrected chi connectivity index (χ4v) is 2.35. The molecular formula is C13H13N3OS2. The Balaban J connectivity index is 2.08. The third kappa shape index (κ3) is 3.77. The summed E-state index contributed by atoms with van der Waals surface area (Å²) in [7, 11) is 0. The van der Waals surface area contributed by atoms with Crippen molar-refractivity contribution in [3.8, 4) is 0 Å².